The van der Waals surface area contributed by atoms with Crippen LogP contribution in [0.3, 0.4) is 0 Å². The molecule has 2 fully saturated rings. The molecule has 0 aromatic carbocycles. The van der Waals surface area contributed by atoms with Crippen LogP contribution < -0.4 is 9.62 Å². The Hall–Kier alpha value is -0.770. The molecule has 0 unspecified atom stereocenters. The molecule has 2 heterocycles. The number of hydrogen-bond acceptors (Lipinski definition) is 7. The van der Waals surface area contributed by atoms with Crippen molar-refractivity contribution in [2.24, 2.45) is 0 Å². The van der Waals surface area contributed by atoms with Gasteiger partial charge in [0.25, 0.3) is 0 Å². The number of hydrogen-bond donors (Lipinski definition) is 1. The molecule has 118 valence electrons. The van der Waals surface area contributed by atoms with Gasteiger partial charge in [0.05, 0.1) is 5.25 Å². The summed E-state index contributed by atoms with van der Waals surface area (Å²) in [7, 11) is -1.46. The minimum Gasteiger partial charge on any atom is -0.377 e. The van der Waals surface area contributed by atoms with E-state index in [0.717, 1.165) is 43.9 Å². The van der Waals surface area contributed by atoms with Gasteiger partial charge in [-0.25, -0.2) is 18.1 Å². The highest BCUT2D eigenvalue weighted by Gasteiger charge is 2.37. The van der Waals surface area contributed by atoms with Crippen molar-refractivity contribution in [2.45, 2.75) is 43.6 Å². The number of anilines is 1. The van der Waals surface area contributed by atoms with Gasteiger partial charge in [-0.15, -0.1) is 0 Å². The van der Waals surface area contributed by atoms with Crippen molar-refractivity contribution in [1.29, 1.82) is 0 Å². The highest BCUT2D eigenvalue weighted by Crippen LogP contribution is 2.29. The van der Waals surface area contributed by atoms with Crippen LogP contribution in [0.1, 0.15) is 31.5 Å². The lowest BCUT2D eigenvalue weighted by molar-refractivity contribution is 0.179. The van der Waals surface area contributed by atoms with Crippen LogP contribution in [0.15, 0.2) is 0 Å². The first-order valence-electron chi connectivity index (χ1n) is 7.16. The molecular weight excluding hydrogens is 312 g/mol. The maximum atomic E-state index is 11.9. The van der Waals surface area contributed by atoms with E-state index in [0.29, 0.717) is 12.4 Å². The van der Waals surface area contributed by atoms with E-state index in [2.05, 4.69) is 19.0 Å². The zero-order chi connectivity index (χ0) is 14.9. The monoisotopic (exact) mass is 332 g/mol. The summed E-state index contributed by atoms with van der Waals surface area (Å²) < 4.78 is 36.0. The summed E-state index contributed by atoms with van der Waals surface area (Å²) in [6.07, 6.45) is 3.23. The van der Waals surface area contributed by atoms with Gasteiger partial charge in [0, 0.05) is 37.8 Å². The molecule has 1 aromatic rings. The van der Waals surface area contributed by atoms with Crippen LogP contribution in [0.4, 0.5) is 5.13 Å². The van der Waals surface area contributed by atoms with Crippen molar-refractivity contribution in [1.82, 2.24) is 14.1 Å². The topological polar surface area (TPSA) is 84.4 Å². The number of nitrogens with one attached hydrogen (secondary N) is 1. The van der Waals surface area contributed by atoms with E-state index in [9.17, 15) is 8.42 Å². The number of rotatable bonds is 6. The summed E-state index contributed by atoms with van der Waals surface area (Å²) in [5, 5.41) is 0.751. The Morgan fingerprint density at radius 2 is 2.05 bits per heavy atom. The molecule has 1 aliphatic heterocycles. The molecule has 0 bridgehead atoms. The number of methoxy groups -OCH3 is 1. The molecule has 0 radical (unpaired) electrons. The van der Waals surface area contributed by atoms with Crippen LogP contribution in [-0.4, -0.2) is 49.3 Å². The Balaban J connectivity index is 1.52. The largest absolute Gasteiger partial charge is 0.377 e. The fraction of sp³-hybridized carbons (Fsp3) is 0.833. The number of aromatic nitrogens is 2. The Kier molecular flexibility index (Phi) is 4.43. The third-order valence-corrected chi connectivity index (χ3v) is 6.62. The quantitative estimate of drug-likeness (QED) is 0.827. The minimum atomic E-state index is -3.08. The lowest BCUT2D eigenvalue weighted by Crippen LogP contribution is -2.45. The fourth-order valence-electron chi connectivity index (χ4n) is 2.46. The molecule has 2 aliphatic rings. The maximum absolute atomic E-state index is 11.9. The normalized spacial score (nSPS) is 20.9. The van der Waals surface area contributed by atoms with Crippen LogP contribution in [0, 0.1) is 0 Å². The zero-order valence-corrected chi connectivity index (χ0v) is 13.6. The molecule has 9 heteroatoms. The van der Waals surface area contributed by atoms with Gasteiger partial charge in [0.15, 0.2) is 5.82 Å². The van der Waals surface area contributed by atoms with Gasteiger partial charge in [0.1, 0.15) is 6.61 Å². The van der Waals surface area contributed by atoms with Crippen molar-refractivity contribution in [3.63, 3.8) is 0 Å². The van der Waals surface area contributed by atoms with Gasteiger partial charge in [-0.05, 0) is 25.7 Å². The molecule has 1 saturated heterocycles. The van der Waals surface area contributed by atoms with Gasteiger partial charge in [-0.1, -0.05) is 0 Å². The second-order valence-electron chi connectivity index (χ2n) is 5.55. The molecule has 3 rings (SSSR count). The van der Waals surface area contributed by atoms with E-state index >= 15 is 0 Å². The number of sulfonamides is 1. The predicted octanol–water partition coefficient (Wildman–Crippen LogP) is 0.735. The Bertz CT molecular complexity index is 577. The number of ether oxygens (including phenoxy) is 1. The summed E-state index contributed by atoms with van der Waals surface area (Å²) in [6, 6.07) is 0.0539. The van der Waals surface area contributed by atoms with Crippen LogP contribution >= 0.6 is 11.5 Å². The van der Waals surface area contributed by atoms with Crippen molar-refractivity contribution in [3.8, 4) is 0 Å². The van der Waals surface area contributed by atoms with E-state index < -0.39 is 10.0 Å². The first-order valence-corrected chi connectivity index (χ1v) is 9.48. The highest BCUT2D eigenvalue weighted by atomic mass is 32.2. The van der Waals surface area contributed by atoms with Gasteiger partial charge in [0.2, 0.25) is 15.2 Å². The smallest absolute Gasteiger partial charge is 0.214 e. The summed E-state index contributed by atoms with van der Waals surface area (Å²) in [4.78, 5) is 6.60. The van der Waals surface area contributed by atoms with Crippen LogP contribution in [-0.2, 0) is 21.4 Å². The third kappa shape index (κ3) is 3.71. The molecule has 7 nitrogen and oxygen atoms in total. The van der Waals surface area contributed by atoms with E-state index in [-0.39, 0.29) is 11.3 Å². The van der Waals surface area contributed by atoms with Crippen LogP contribution in [0.25, 0.3) is 0 Å². The summed E-state index contributed by atoms with van der Waals surface area (Å²) in [5.74, 6) is 0.703. The summed E-state index contributed by atoms with van der Waals surface area (Å²) in [5.41, 5.74) is 0. The first-order chi connectivity index (χ1) is 10.1. The van der Waals surface area contributed by atoms with Gasteiger partial charge < -0.3 is 9.64 Å². The standard InChI is InChI=1S/C12H20N4O3S2/c1-19-8-11-13-12(20-14-11)16-6-4-9(5-7-16)15-21(17,18)10-2-3-10/h9-10,15H,2-8H2,1H3. The van der Waals surface area contributed by atoms with Crippen molar-refractivity contribution < 1.29 is 13.2 Å². The maximum Gasteiger partial charge on any atom is 0.214 e. The molecule has 0 atom stereocenters. The predicted molar refractivity (Wildman–Crippen MR) is 80.9 cm³/mol. The van der Waals surface area contributed by atoms with Crippen molar-refractivity contribution >= 4 is 26.7 Å². The molecule has 21 heavy (non-hydrogen) atoms. The number of nitrogens with zero attached hydrogens (tertiary/aromatic N) is 3. The molecule has 1 N–H and O–H groups in total. The average Bonchev–Trinajstić information content (AvgIpc) is 3.22. The molecule has 0 amide bonds. The summed E-state index contributed by atoms with van der Waals surface area (Å²) in [6.45, 7) is 2.03. The Morgan fingerprint density at radius 3 is 2.67 bits per heavy atom. The third-order valence-electron chi connectivity index (χ3n) is 3.79. The van der Waals surface area contributed by atoms with Crippen molar-refractivity contribution in [2.75, 3.05) is 25.1 Å². The summed E-state index contributed by atoms with van der Waals surface area (Å²) >= 11 is 1.37. The Morgan fingerprint density at radius 1 is 1.33 bits per heavy atom. The van der Waals surface area contributed by atoms with Gasteiger partial charge in [-0.3, -0.25) is 0 Å². The minimum absolute atomic E-state index is 0.0539. The zero-order valence-electron chi connectivity index (χ0n) is 12.0. The second kappa shape index (κ2) is 6.15. The average molecular weight is 332 g/mol. The molecule has 1 aromatic heterocycles. The van der Waals surface area contributed by atoms with Gasteiger partial charge >= 0.3 is 0 Å². The van der Waals surface area contributed by atoms with Crippen molar-refractivity contribution in [3.05, 3.63) is 5.82 Å². The first kappa shape index (κ1) is 15.1. The Labute approximate surface area is 128 Å². The molecular formula is C12H20N4O3S2. The number of piperidine rings is 1. The van der Waals surface area contributed by atoms with E-state index in [4.69, 9.17) is 4.74 Å². The second-order valence-corrected chi connectivity index (χ2v) is 8.27. The van der Waals surface area contributed by atoms with Gasteiger partial charge in [-0.2, -0.15) is 4.37 Å². The highest BCUT2D eigenvalue weighted by molar-refractivity contribution is 7.90. The fourth-order valence-corrected chi connectivity index (χ4v) is 4.83. The van der Waals surface area contributed by atoms with E-state index in [1.54, 1.807) is 7.11 Å². The molecule has 1 aliphatic carbocycles. The lowest BCUT2D eigenvalue weighted by Gasteiger charge is -2.31. The van der Waals surface area contributed by atoms with Crippen LogP contribution in [0.2, 0.25) is 0 Å². The van der Waals surface area contributed by atoms with E-state index in [1.165, 1.54) is 11.5 Å². The SMILES string of the molecule is COCc1nsc(N2CCC(NS(=O)(=O)C3CC3)CC2)n1. The van der Waals surface area contributed by atoms with E-state index in [1.807, 2.05) is 0 Å². The molecule has 1 saturated carbocycles. The molecule has 0 spiro atoms. The van der Waals surface area contributed by atoms with Crippen LogP contribution in [0.5, 0.6) is 0 Å². The lowest BCUT2D eigenvalue weighted by atomic mass is 10.1.